The molecule has 0 aliphatic carbocycles. The molecule has 0 spiro atoms. The topological polar surface area (TPSA) is 26.3 Å². The summed E-state index contributed by atoms with van der Waals surface area (Å²) in [6.45, 7) is 7.08. The minimum Gasteiger partial charge on any atom is -0.376 e. The van der Waals surface area contributed by atoms with E-state index in [4.69, 9.17) is 4.74 Å². The minimum absolute atomic E-state index is 0.0939. The van der Waals surface area contributed by atoms with E-state index in [0.717, 1.165) is 32.3 Å². The third-order valence-electron chi connectivity index (χ3n) is 3.18. The monoisotopic (exact) mass is 212 g/mol. The lowest BCUT2D eigenvalue weighted by Crippen LogP contribution is -2.37. The third-order valence-corrected chi connectivity index (χ3v) is 3.18. The molecule has 0 radical (unpaired) electrons. The Morgan fingerprint density at radius 1 is 1.40 bits per heavy atom. The van der Waals surface area contributed by atoms with Crippen LogP contribution in [0.15, 0.2) is 0 Å². The molecular formula is C13H24O2. The van der Waals surface area contributed by atoms with Crippen molar-refractivity contribution in [3.63, 3.8) is 0 Å². The molecule has 0 N–H and O–H groups in total. The number of ketones is 1. The molecule has 1 saturated heterocycles. The van der Waals surface area contributed by atoms with Crippen molar-refractivity contribution in [3.8, 4) is 0 Å². The summed E-state index contributed by atoms with van der Waals surface area (Å²) in [5.41, 5.74) is -0.0939. The SMILES string of the molecule is CCCCCC(=O)C1CCOC(C)(C)C1. The average molecular weight is 212 g/mol. The number of Topliss-reactive ketones (excluding diaryl/α,β-unsaturated/α-hetero) is 1. The van der Waals surface area contributed by atoms with Gasteiger partial charge in [0, 0.05) is 18.9 Å². The van der Waals surface area contributed by atoms with Gasteiger partial charge in [-0.3, -0.25) is 4.79 Å². The van der Waals surface area contributed by atoms with Gasteiger partial charge in [0.25, 0.3) is 0 Å². The minimum atomic E-state index is -0.0939. The number of carbonyl (C=O) groups excluding carboxylic acids is 1. The van der Waals surface area contributed by atoms with Crippen molar-refractivity contribution in [2.75, 3.05) is 6.61 Å². The standard InChI is InChI=1S/C13H24O2/c1-4-5-6-7-12(14)11-8-9-15-13(2,3)10-11/h11H,4-10H2,1-3H3. The normalized spacial score (nSPS) is 25.1. The van der Waals surface area contributed by atoms with Gasteiger partial charge < -0.3 is 4.74 Å². The maximum atomic E-state index is 11.9. The highest BCUT2D eigenvalue weighted by atomic mass is 16.5. The van der Waals surface area contributed by atoms with Crippen molar-refractivity contribution in [1.29, 1.82) is 0 Å². The molecule has 0 bridgehead atoms. The molecule has 1 heterocycles. The molecule has 1 aliphatic rings. The van der Waals surface area contributed by atoms with Crippen molar-refractivity contribution in [1.82, 2.24) is 0 Å². The molecule has 2 heteroatoms. The molecule has 0 aromatic rings. The summed E-state index contributed by atoms with van der Waals surface area (Å²) in [4.78, 5) is 11.9. The van der Waals surface area contributed by atoms with E-state index in [9.17, 15) is 4.79 Å². The van der Waals surface area contributed by atoms with Gasteiger partial charge >= 0.3 is 0 Å². The Balaban J connectivity index is 2.32. The molecule has 0 aromatic carbocycles. The quantitative estimate of drug-likeness (QED) is 0.653. The number of ether oxygens (including phenoxy) is 1. The Morgan fingerprint density at radius 3 is 2.73 bits per heavy atom. The Morgan fingerprint density at radius 2 is 2.13 bits per heavy atom. The summed E-state index contributed by atoms with van der Waals surface area (Å²) in [5.74, 6) is 0.713. The van der Waals surface area contributed by atoms with Crippen molar-refractivity contribution in [2.24, 2.45) is 5.92 Å². The maximum Gasteiger partial charge on any atom is 0.136 e. The highest BCUT2D eigenvalue weighted by Crippen LogP contribution is 2.30. The summed E-state index contributed by atoms with van der Waals surface area (Å²) < 4.78 is 5.62. The first kappa shape index (κ1) is 12.7. The van der Waals surface area contributed by atoms with E-state index in [2.05, 4.69) is 20.8 Å². The first-order valence-electron chi connectivity index (χ1n) is 6.22. The first-order valence-corrected chi connectivity index (χ1v) is 6.22. The molecule has 0 saturated carbocycles. The Labute approximate surface area is 93.4 Å². The van der Waals surface area contributed by atoms with Crippen LogP contribution in [-0.4, -0.2) is 18.0 Å². The number of hydrogen-bond donors (Lipinski definition) is 0. The molecule has 0 amide bonds. The third kappa shape index (κ3) is 4.33. The molecule has 1 unspecified atom stereocenters. The highest BCUT2D eigenvalue weighted by molar-refractivity contribution is 5.81. The van der Waals surface area contributed by atoms with Crippen LogP contribution in [0.5, 0.6) is 0 Å². The van der Waals surface area contributed by atoms with E-state index in [1.54, 1.807) is 0 Å². The van der Waals surface area contributed by atoms with Gasteiger partial charge in [0.15, 0.2) is 0 Å². The smallest absolute Gasteiger partial charge is 0.136 e. The summed E-state index contributed by atoms with van der Waals surface area (Å²) in [6.07, 6.45) is 6.03. The second-order valence-corrected chi connectivity index (χ2v) is 5.22. The molecule has 2 nitrogen and oxygen atoms in total. The van der Waals surface area contributed by atoms with Gasteiger partial charge in [-0.2, -0.15) is 0 Å². The predicted octanol–water partition coefficient (Wildman–Crippen LogP) is 3.34. The molecule has 1 rings (SSSR count). The summed E-state index contributed by atoms with van der Waals surface area (Å²) in [6, 6.07) is 0. The Bertz CT molecular complexity index is 209. The van der Waals surface area contributed by atoms with E-state index >= 15 is 0 Å². The van der Waals surface area contributed by atoms with Crippen LogP contribution in [0.3, 0.4) is 0 Å². The van der Waals surface area contributed by atoms with Crippen molar-refractivity contribution >= 4 is 5.78 Å². The zero-order chi connectivity index (χ0) is 11.3. The predicted molar refractivity (Wildman–Crippen MR) is 61.9 cm³/mol. The van der Waals surface area contributed by atoms with Crippen LogP contribution in [0.1, 0.15) is 59.3 Å². The van der Waals surface area contributed by atoms with Gasteiger partial charge in [0.05, 0.1) is 5.60 Å². The van der Waals surface area contributed by atoms with Gasteiger partial charge in [0.1, 0.15) is 5.78 Å². The lowest BCUT2D eigenvalue weighted by molar-refractivity contribution is -0.133. The van der Waals surface area contributed by atoms with Crippen molar-refractivity contribution < 1.29 is 9.53 Å². The largest absolute Gasteiger partial charge is 0.376 e. The Hall–Kier alpha value is -0.370. The summed E-state index contributed by atoms with van der Waals surface area (Å²) in [5, 5.41) is 0. The average Bonchev–Trinajstić information content (AvgIpc) is 2.16. The summed E-state index contributed by atoms with van der Waals surface area (Å²) in [7, 11) is 0. The van der Waals surface area contributed by atoms with E-state index in [0.29, 0.717) is 5.78 Å². The van der Waals surface area contributed by atoms with E-state index in [1.807, 2.05) is 0 Å². The molecule has 1 fully saturated rings. The molecular weight excluding hydrogens is 188 g/mol. The number of unbranched alkanes of at least 4 members (excludes halogenated alkanes) is 2. The van der Waals surface area contributed by atoms with Crippen LogP contribution in [0.2, 0.25) is 0 Å². The fraction of sp³-hybridized carbons (Fsp3) is 0.923. The van der Waals surface area contributed by atoms with Crippen LogP contribution in [0.25, 0.3) is 0 Å². The fourth-order valence-electron chi connectivity index (χ4n) is 2.26. The molecule has 1 aliphatic heterocycles. The zero-order valence-electron chi connectivity index (χ0n) is 10.3. The number of rotatable bonds is 5. The maximum absolute atomic E-state index is 11.9. The molecule has 1 atom stereocenters. The van der Waals surface area contributed by atoms with Crippen LogP contribution in [0, 0.1) is 5.92 Å². The lowest BCUT2D eigenvalue weighted by atomic mass is 9.84. The fourth-order valence-corrected chi connectivity index (χ4v) is 2.26. The van der Waals surface area contributed by atoms with Gasteiger partial charge in [-0.1, -0.05) is 19.8 Å². The second-order valence-electron chi connectivity index (χ2n) is 5.22. The number of carbonyl (C=O) groups is 1. The molecule has 0 aromatic heterocycles. The first-order chi connectivity index (χ1) is 7.05. The Kier molecular flexibility index (Phi) is 4.78. The summed E-state index contributed by atoms with van der Waals surface area (Å²) >= 11 is 0. The molecule has 15 heavy (non-hydrogen) atoms. The zero-order valence-corrected chi connectivity index (χ0v) is 10.3. The van der Waals surface area contributed by atoms with Crippen molar-refractivity contribution in [2.45, 2.75) is 64.9 Å². The second kappa shape index (κ2) is 5.64. The van der Waals surface area contributed by atoms with Gasteiger partial charge in [-0.25, -0.2) is 0 Å². The van der Waals surface area contributed by atoms with Crippen LogP contribution >= 0.6 is 0 Å². The van der Waals surface area contributed by atoms with Crippen LogP contribution in [-0.2, 0) is 9.53 Å². The number of hydrogen-bond acceptors (Lipinski definition) is 2. The van der Waals surface area contributed by atoms with Crippen molar-refractivity contribution in [3.05, 3.63) is 0 Å². The lowest BCUT2D eigenvalue weighted by Gasteiger charge is -2.34. The van der Waals surface area contributed by atoms with Crippen LogP contribution < -0.4 is 0 Å². The van der Waals surface area contributed by atoms with Gasteiger partial charge in [-0.15, -0.1) is 0 Å². The van der Waals surface area contributed by atoms with E-state index in [1.165, 1.54) is 12.8 Å². The molecule has 88 valence electrons. The van der Waals surface area contributed by atoms with Crippen LogP contribution in [0.4, 0.5) is 0 Å². The van der Waals surface area contributed by atoms with E-state index in [-0.39, 0.29) is 11.5 Å². The van der Waals surface area contributed by atoms with E-state index < -0.39 is 0 Å². The highest BCUT2D eigenvalue weighted by Gasteiger charge is 2.32. The van der Waals surface area contributed by atoms with Gasteiger partial charge in [0.2, 0.25) is 0 Å². The van der Waals surface area contributed by atoms with Gasteiger partial charge in [-0.05, 0) is 33.1 Å².